The SMILES string of the molecule is O=S(=O)(c1ccccc1)c1cccc(-c2nc3ccccc3c3nc4sc5ccccc5n4c23)c1. The second kappa shape index (κ2) is 7.46. The number of benzene rings is 4. The van der Waals surface area contributed by atoms with Gasteiger partial charge in [-0.25, -0.2) is 18.4 Å². The molecule has 0 aliphatic carbocycles. The van der Waals surface area contributed by atoms with Crippen LogP contribution in [0.25, 0.3) is 48.4 Å². The monoisotopic (exact) mass is 491 g/mol. The normalized spacial score (nSPS) is 12.2. The molecule has 5 nitrogen and oxygen atoms in total. The summed E-state index contributed by atoms with van der Waals surface area (Å²) in [5.41, 5.74) is 5.06. The molecular formula is C28H17N3O2S2. The number of sulfone groups is 1. The minimum atomic E-state index is -3.67. The van der Waals surface area contributed by atoms with Gasteiger partial charge in [-0.3, -0.25) is 4.40 Å². The van der Waals surface area contributed by atoms with Crippen molar-refractivity contribution in [2.45, 2.75) is 9.79 Å². The number of fused-ring (bicyclic) bond motifs is 7. The Labute approximate surface area is 204 Å². The molecule has 0 N–H and O–H groups in total. The van der Waals surface area contributed by atoms with Crippen molar-refractivity contribution in [2.24, 2.45) is 0 Å². The van der Waals surface area contributed by atoms with E-state index < -0.39 is 9.84 Å². The van der Waals surface area contributed by atoms with Gasteiger partial charge in [0.05, 0.1) is 31.2 Å². The highest BCUT2D eigenvalue weighted by atomic mass is 32.2. The number of pyridine rings is 1. The summed E-state index contributed by atoms with van der Waals surface area (Å²) < 4.78 is 30.0. The lowest BCUT2D eigenvalue weighted by Crippen LogP contribution is -2.02. The fraction of sp³-hybridized carbons (Fsp3) is 0. The summed E-state index contributed by atoms with van der Waals surface area (Å²) in [5.74, 6) is 0. The minimum absolute atomic E-state index is 0.236. The van der Waals surface area contributed by atoms with Gasteiger partial charge in [-0.15, -0.1) is 0 Å². The highest BCUT2D eigenvalue weighted by Crippen LogP contribution is 2.38. The summed E-state index contributed by atoms with van der Waals surface area (Å²) in [7, 11) is -3.67. The second-order valence-corrected chi connectivity index (χ2v) is 11.3. The van der Waals surface area contributed by atoms with Gasteiger partial charge in [0.15, 0.2) is 4.96 Å². The first-order valence-electron chi connectivity index (χ1n) is 11.1. The maximum Gasteiger partial charge on any atom is 0.206 e. The summed E-state index contributed by atoms with van der Waals surface area (Å²) in [6.45, 7) is 0. The Morgan fingerprint density at radius 3 is 2.34 bits per heavy atom. The third kappa shape index (κ3) is 3.02. The van der Waals surface area contributed by atoms with Gasteiger partial charge >= 0.3 is 0 Å². The molecule has 168 valence electrons. The van der Waals surface area contributed by atoms with Crippen molar-refractivity contribution in [3.63, 3.8) is 0 Å². The lowest BCUT2D eigenvalue weighted by molar-refractivity contribution is 0.596. The highest BCUT2D eigenvalue weighted by molar-refractivity contribution is 7.91. The number of para-hydroxylation sites is 2. The summed E-state index contributed by atoms with van der Waals surface area (Å²) in [4.78, 5) is 11.4. The molecule has 0 spiro atoms. The fourth-order valence-corrected chi connectivity index (χ4v) is 6.97. The van der Waals surface area contributed by atoms with E-state index in [1.807, 2.05) is 42.5 Å². The molecule has 3 heterocycles. The maximum atomic E-state index is 13.4. The van der Waals surface area contributed by atoms with Gasteiger partial charge in [-0.05, 0) is 42.5 Å². The van der Waals surface area contributed by atoms with Crippen LogP contribution in [0.4, 0.5) is 0 Å². The van der Waals surface area contributed by atoms with Crippen molar-refractivity contribution in [1.82, 2.24) is 14.4 Å². The molecule has 0 unspecified atom stereocenters. The molecule has 0 aliphatic heterocycles. The van der Waals surface area contributed by atoms with Crippen molar-refractivity contribution in [3.05, 3.63) is 103 Å². The number of rotatable bonds is 3. The molecule has 0 atom stereocenters. The van der Waals surface area contributed by atoms with Crippen LogP contribution in [0, 0.1) is 0 Å². The zero-order valence-electron chi connectivity index (χ0n) is 18.3. The van der Waals surface area contributed by atoms with E-state index in [0.29, 0.717) is 5.69 Å². The molecule has 3 aromatic heterocycles. The quantitative estimate of drug-likeness (QED) is 0.274. The molecule has 7 aromatic rings. The van der Waals surface area contributed by atoms with Crippen LogP contribution in [0.5, 0.6) is 0 Å². The molecule has 0 aliphatic rings. The van der Waals surface area contributed by atoms with Crippen LogP contribution in [0.1, 0.15) is 0 Å². The topological polar surface area (TPSA) is 64.3 Å². The number of thiazole rings is 1. The van der Waals surface area contributed by atoms with Crippen LogP contribution in [0.3, 0.4) is 0 Å². The molecule has 7 rings (SSSR count). The van der Waals surface area contributed by atoms with E-state index >= 15 is 0 Å². The van der Waals surface area contributed by atoms with Crippen molar-refractivity contribution < 1.29 is 8.42 Å². The summed E-state index contributed by atoms with van der Waals surface area (Å²) >= 11 is 1.63. The largest absolute Gasteiger partial charge is 0.281 e. The third-order valence-corrected chi connectivity index (χ3v) is 9.03. The van der Waals surface area contributed by atoms with E-state index in [1.54, 1.807) is 59.9 Å². The van der Waals surface area contributed by atoms with Gasteiger partial charge in [0.25, 0.3) is 0 Å². The molecule has 0 bridgehead atoms. The Bertz CT molecular complexity index is 2020. The van der Waals surface area contributed by atoms with Crippen LogP contribution < -0.4 is 0 Å². The lowest BCUT2D eigenvalue weighted by Gasteiger charge is -2.10. The van der Waals surface area contributed by atoms with E-state index in [0.717, 1.165) is 42.7 Å². The zero-order chi connectivity index (χ0) is 23.6. The number of imidazole rings is 1. The lowest BCUT2D eigenvalue weighted by atomic mass is 10.1. The summed E-state index contributed by atoms with van der Waals surface area (Å²) in [5, 5.41) is 0.972. The standard InChI is InChI=1S/C28H17N3O2S2/c32-35(33,19-10-2-1-3-11-19)20-12-8-9-18(17-20)25-27-26(21-13-4-5-14-22(21)29-25)30-28-31(27)23-15-6-7-16-24(23)34-28/h1-17H. The number of aromatic nitrogens is 3. The first-order chi connectivity index (χ1) is 17.1. The summed E-state index contributed by atoms with van der Waals surface area (Å²) in [6, 6.07) is 31.7. The maximum absolute atomic E-state index is 13.4. The molecule has 0 amide bonds. The summed E-state index contributed by atoms with van der Waals surface area (Å²) in [6.07, 6.45) is 0. The third-order valence-electron chi connectivity index (χ3n) is 6.24. The van der Waals surface area contributed by atoms with E-state index in [-0.39, 0.29) is 9.79 Å². The molecule has 0 radical (unpaired) electrons. The predicted octanol–water partition coefficient (Wildman–Crippen LogP) is 6.75. The van der Waals surface area contributed by atoms with E-state index in [4.69, 9.17) is 9.97 Å². The fourth-order valence-electron chi connectivity index (χ4n) is 4.62. The molecule has 7 heteroatoms. The number of hydrogen-bond donors (Lipinski definition) is 0. The van der Waals surface area contributed by atoms with E-state index in [1.165, 1.54) is 0 Å². The molecule has 4 aromatic carbocycles. The Balaban J connectivity index is 1.57. The van der Waals surface area contributed by atoms with Gasteiger partial charge in [-0.2, -0.15) is 0 Å². The van der Waals surface area contributed by atoms with Crippen LogP contribution in [0.2, 0.25) is 0 Å². The minimum Gasteiger partial charge on any atom is -0.281 e. The van der Waals surface area contributed by atoms with Gasteiger partial charge < -0.3 is 0 Å². The van der Waals surface area contributed by atoms with Gasteiger partial charge in [0.2, 0.25) is 9.84 Å². The van der Waals surface area contributed by atoms with Gasteiger partial charge in [-0.1, -0.05) is 72.0 Å². The van der Waals surface area contributed by atoms with Crippen LogP contribution in [-0.2, 0) is 9.84 Å². The van der Waals surface area contributed by atoms with Gasteiger partial charge in [0.1, 0.15) is 11.0 Å². The molecule has 0 saturated carbocycles. The van der Waals surface area contributed by atoms with Crippen molar-refractivity contribution >= 4 is 58.3 Å². The number of hydrogen-bond acceptors (Lipinski definition) is 5. The first kappa shape index (κ1) is 20.3. The van der Waals surface area contributed by atoms with E-state index in [2.05, 4.69) is 16.5 Å². The second-order valence-electron chi connectivity index (χ2n) is 8.32. The van der Waals surface area contributed by atoms with E-state index in [9.17, 15) is 8.42 Å². The van der Waals surface area contributed by atoms with Crippen LogP contribution >= 0.6 is 11.3 Å². The molecular weight excluding hydrogens is 474 g/mol. The Morgan fingerprint density at radius 1 is 0.714 bits per heavy atom. The first-order valence-corrected chi connectivity index (χ1v) is 13.4. The van der Waals surface area contributed by atoms with Crippen molar-refractivity contribution in [1.29, 1.82) is 0 Å². The average molecular weight is 492 g/mol. The molecule has 0 fully saturated rings. The Hall–Kier alpha value is -4.07. The Morgan fingerprint density at radius 2 is 1.46 bits per heavy atom. The smallest absolute Gasteiger partial charge is 0.206 e. The van der Waals surface area contributed by atoms with Crippen molar-refractivity contribution in [3.8, 4) is 11.3 Å². The van der Waals surface area contributed by atoms with Crippen molar-refractivity contribution in [2.75, 3.05) is 0 Å². The average Bonchev–Trinajstić information content (AvgIpc) is 3.45. The highest BCUT2D eigenvalue weighted by Gasteiger charge is 2.22. The Kier molecular flexibility index (Phi) is 4.33. The molecule has 35 heavy (non-hydrogen) atoms. The molecule has 0 saturated heterocycles. The zero-order valence-corrected chi connectivity index (χ0v) is 19.9. The predicted molar refractivity (Wildman–Crippen MR) is 141 cm³/mol. The number of nitrogens with zero attached hydrogens (tertiary/aromatic N) is 3. The van der Waals surface area contributed by atoms with Crippen LogP contribution in [0.15, 0.2) is 113 Å². The van der Waals surface area contributed by atoms with Crippen LogP contribution in [-0.4, -0.2) is 22.8 Å². The van der Waals surface area contributed by atoms with Gasteiger partial charge in [0, 0.05) is 10.9 Å².